The molecule has 7 nitrogen and oxygen atoms in total. The van der Waals surface area contributed by atoms with Crippen molar-refractivity contribution in [2.24, 2.45) is 4.99 Å². The Morgan fingerprint density at radius 1 is 1.30 bits per heavy atom. The molecule has 0 bridgehead atoms. The van der Waals surface area contributed by atoms with Gasteiger partial charge < -0.3 is 20.3 Å². The maximum atomic E-state index is 12.1. The van der Waals surface area contributed by atoms with E-state index in [0.717, 1.165) is 84.1 Å². The molecule has 156 valence electrons. The Labute approximate surface area is 164 Å². The van der Waals surface area contributed by atoms with Crippen LogP contribution in [0.3, 0.4) is 0 Å². The Morgan fingerprint density at radius 2 is 2.15 bits per heavy atom. The minimum absolute atomic E-state index is 0.321. The van der Waals surface area contributed by atoms with Crippen molar-refractivity contribution in [2.45, 2.75) is 65.0 Å². The van der Waals surface area contributed by atoms with E-state index in [1.807, 2.05) is 4.90 Å². The number of carbonyl (C=O) groups is 1. The second-order valence-electron chi connectivity index (χ2n) is 7.70. The first-order chi connectivity index (χ1) is 13.1. The van der Waals surface area contributed by atoms with Gasteiger partial charge in [0.15, 0.2) is 5.96 Å². The number of guanidine groups is 1. The zero-order valence-corrected chi connectivity index (χ0v) is 17.5. The van der Waals surface area contributed by atoms with E-state index in [4.69, 9.17) is 9.73 Å². The number of nitrogens with one attached hydrogen (secondary N) is 2. The first-order valence-electron chi connectivity index (χ1n) is 10.7. The SMILES string of the molecule is CCNC(=NCC(C)N1CCOCC1C)NCCCN1CCCCCC1=O. The number of aliphatic imine (C=N–C) groups is 1. The van der Waals surface area contributed by atoms with Gasteiger partial charge in [-0.15, -0.1) is 0 Å². The molecule has 2 atom stereocenters. The molecule has 27 heavy (non-hydrogen) atoms. The lowest BCUT2D eigenvalue weighted by atomic mass is 10.2. The number of nitrogens with zero attached hydrogens (tertiary/aromatic N) is 3. The van der Waals surface area contributed by atoms with Crippen LogP contribution in [-0.2, 0) is 9.53 Å². The zero-order chi connectivity index (χ0) is 19.5. The van der Waals surface area contributed by atoms with Gasteiger partial charge in [0.2, 0.25) is 5.91 Å². The van der Waals surface area contributed by atoms with E-state index < -0.39 is 0 Å². The third-order valence-electron chi connectivity index (χ3n) is 5.41. The summed E-state index contributed by atoms with van der Waals surface area (Å²) in [5, 5.41) is 6.74. The van der Waals surface area contributed by atoms with E-state index in [9.17, 15) is 4.79 Å². The summed E-state index contributed by atoms with van der Waals surface area (Å²) in [6, 6.07) is 0.847. The number of ether oxygens (including phenoxy) is 1. The van der Waals surface area contributed by atoms with Gasteiger partial charge >= 0.3 is 0 Å². The molecule has 0 aromatic rings. The van der Waals surface area contributed by atoms with E-state index in [-0.39, 0.29) is 0 Å². The number of amides is 1. The molecular formula is C20H39N5O2. The lowest BCUT2D eigenvalue weighted by Gasteiger charge is -2.37. The van der Waals surface area contributed by atoms with E-state index in [2.05, 4.69) is 36.3 Å². The third-order valence-corrected chi connectivity index (χ3v) is 5.41. The van der Waals surface area contributed by atoms with Gasteiger partial charge in [0.05, 0.1) is 19.8 Å². The molecule has 2 rings (SSSR count). The summed E-state index contributed by atoms with van der Waals surface area (Å²) in [4.78, 5) is 21.3. The Bertz CT molecular complexity index is 471. The molecule has 2 aliphatic rings. The highest BCUT2D eigenvalue weighted by molar-refractivity contribution is 5.79. The molecule has 0 radical (unpaired) electrons. The number of carbonyl (C=O) groups excluding carboxylic acids is 1. The van der Waals surface area contributed by atoms with Crippen LogP contribution in [0.1, 0.15) is 52.9 Å². The standard InChI is InChI=1S/C20H39N5O2/c1-4-21-20(23-15-17(2)25-13-14-27-16-18(25)3)22-10-8-12-24-11-7-5-6-9-19(24)26/h17-18H,4-16H2,1-3H3,(H2,21,22,23). The van der Waals surface area contributed by atoms with Crippen LogP contribution in [-0.4, -0.2) is 86.2 Å². The Morgan fingerprint density at radius 3 is 2.93 bits per heavy atom. The maximum absolute atomic E-state index is 12.1. The fraction of sp³-hybridized carbons (Fsp3) is 0.900. The van der Waals surface area contributed by atoms with Gasteiger partial charge in [-0.2, -0.15) is 0 Å². The van der Waals surface area contributed by atoms with Crippen LogP contribution in [0, 0.1) is 0 Å². The second kappa shape index (κ2) is 12.2. The average Bonchev–Trinajstić information content (AvgIpc) is 2.87. The molecule has 2 heterocycles. The maximum Gasteiger partial charge on any atom is 0.222 e. The van der Waals surface area contributed by atoms with Crippen LogP contribution in [0.5, 0.6) is 0 Å². The highest BCUT2D eigenvalue weighted by atomic mass is 16.5. The van der Waals surface area contributed by atoms with Gasteiger partial charge in [0, 0.05) is 51.2 Å². The molecule has 2 aliphatic heterocycles. The van der Waals surface area contributed by atoms with Crippen LogP contribution in [0.15, 0.2) is 4.99 Å². The summed E-state index contributed by atoms with van der Waals surface area (Å²) in [5.74, 6) is 1.19. The summed E-state index contributed by atoms with van der Waals surface area (Å²) in [6.45, 7) is 13.3. The number of hydrogen-bond acceptors (Lipinski definition) is 4. The molecule has 2 N–H and O–H groups in total. The molecule has 0 spiro atoms. The summed E-state index contributed by atoms with van der Waals surface area (Å²) in [7, 11) is 0. The van der Waals surface area contributed by atoms with Crippen LogP contribution < -0.4 is 10.6 Å². The molecule has 0 aliphatic carbocycles. The first kappa shape index (κ1) is 22.0. The molecule has 7 heteroatoms. The van der Waals surface area contributed by atoms with Crippen LogP contribution in [0.4, 0.5) is 0 Å². The third kappa shape index (κ3) is 7.66. The van der Waals surface area contributed by atoms with Gasteiger partial charge in [-0.25, -0.2) is 0 Å². The molecule has 2 unspecified atom stereocenters. The van der Waals surface area contributed by atoms with Crippen LogP contribution in [0.2, 0.25) is 0 Å². The monoisotopic (exact) mass is 381 g/mol. The smallest absolute Gasteiger partial charge is 0.222 e. The van der Waals surface area contributed by atoms with Gasteiger partial charge in [-0.3, -0.25) is 14.7 Å². The van der Waals surface area contributed by atoms with E-state index in [1.165, 1.54) is 6.42 Å². The topological polar surface area (TPSA) is 69.2 Å². The summed E-state index contributed by atoms with van der Waals surface area (Å²) in [5.41, 5.74) is 0. The number of likely N-dealkylation sites (tertiary alicyclic amines) is 1. The minimum atomic E-state index is 0.321. The van der Waals surface area contributed by atoms with Crippen LogP contribution >= 0.6 is 0 Å². The summed E-state index contributed by atoms with van der Waals surface area (Å²) < 4.78 is 5.53. The largest absolute Gasteiger partial charge is 0.379 e. The first-order valence-corrected chi connectivity index (χ1v) is 10.7. The molecular weight excluding hydrogens is 342 g/mol. The van der Waals surface area contributed by atoms with Crippen molar-refractivity contribution >= 4 is 11.9 Å². The number of hydrogen-bond donors (Lipinski definition) is 2. The van der Waals surface area contributed by atoms with E-state index in [1.54, 1.807) is 0 Å². The summed E-state index contributed by atoms with van der Waals surface area (Å²) in [6.07, 6.45) is 5.03. The van der Waals surface area contributed by atoms with Gasteiger partial charge in [-0.05, 0) is 40.0 Å². The van der Waals surface area contributed by atoms with Crippen molar-refractivity contribution in [3.05, 3.63) is 0 Å². The van der Waals surface area contributed by atoms with E-state index in [0.29, 0.717) is 18.0 Å². The van der Waals surface area contributed by atoms with Crippen molar-refractivity contribution in [1.29, 1.82) is 0 Å². The normalized spacial score (nSPS) is 23.8. The zero-order valence-electron chi connectivity index (χ0n) is 17.5. The highest BCUT2D eigenvalue weighted by Crippen LogP contribution is 2.12. The van der Waals surface area contributed by atoms with Gasteiger partial charge in [0.25, 0.3) is 0 Å². The Hall–Kier alpha value is -1.34. The van der Waals surface area contributed by atoms with E-state index >= 15 is 0 Å². The Kier molecular flexibility index (Phi) is 9.91. The van der Waals surface area contributed by atoms with Crippen molar-refractivity contribution in [3.63, 3.8) is 0 Å². The fourth-order valence-electron chi connectivity index (χ4n) is 3.82. The lowest BCUT2D eigenvalue weighted by molar-refractivity contribution is -0.130. The van der Waals surface area contributed by atoms with Gasteiger partial charge in [-0.1, -0.05) is 6.42 Å². The number of rotatable bonds is 8. The summed E-state index contributed by atoms with van der Waals surface area (Å²) >= 11 is 0. The lowest BCUT2D eigenvalue weighted by Crippen LogP contribution is -2.49. The van der Waals surface area contributed by atoms with Crippen molar-refractivity contribution < 1.29 is 9.53 Å². The highest BCUT2D eigenvalue weighted by Gasteiger charge is 2.23. The molecule has 0 aromatic heterocycles. The van der Waals surface area contributed by atoms with Crippen molar-refractivity contribution in [3.8, 4) is 0 Å². The van der Waals surface area contributed by atoms with Gasteiger partial charge in [0.1, 0.15) is 0 Å². The van der Waals surface area contributed by atoms with Crippen LogP contribution in [0.25, 0.3) is 0 Å². The average molecular weight is 382 g/mol. The molecule has 1 amide bonds. The molecule has 2 fully saturated rings. The number of morpholine rings is 1. The fourth-order valence-corrected chi connectivity index (χ4v) is 3.82. The predicted molar refractivity (Wildman–Crippen MR) is 110 cm³/mol. The molecule has 0 aromatic carbocycles. The predicted octanol–water partition coefficient (Wildman–Crippen LogP) is 1.44. The minimum Gasteiger partial charge on any atom is -0.379 e. The molecule has 2 saturated heterocycles. The second-order valence-corrected chi connectivity index (χ2v) is 7.70. The quantitative estimate of drug-likeness (QED) is 0.378. The van der Waals surface area contributed by atoms with Crippen molar-refractivity contribution in [2.75, 3.05) is 52.5 Å². The molecule has 0 saturated carbocycles. The Balaban J connectivity index is 1.73. The van der Waals surface area contributed by atoms with Crippen molar-refractivity contribution in [1.82, 2.24) is 20.4 Å².